The number of aromatic nitrogens is 1. The van der Waals surface area contributed by atoms with Gasteiger partial charge in [-0.3, -0.25) is 14.2 Å². The van der Waals surface area contributed by atoms with Gasteiger partial charge >= 0.3 is 4.87 Å². The number of allylic oxidation sites excluding steroid dienone is 1. The third-order valence-electron chi connectivity index (χ3n) is 2.55. The van der Waals surface area contributed by atoms with Crippen molar-refractivity contribution >= 4 is 35.1 Å². The van der Waals surface area contributed by atoms with Crippen molar-refractivity contribution in [2.45, 2.75) is 6.54 Å². The molecule has 0 aliphatic rings. The summed E-state index contributed by atoms with van der Waals surface area (Å²) in [6.07, 6.45) is 2.94. The topological polar surface area (TPSA) is 63.5 Å². The normalized spacial score (nSPS) is 10.7. The average Bonchev–Trinajstić information content (AvgIpc) is 2.76. The predicted octanol–water partition coefficient (Wildman–Crippen LogP) is 2.51. The molecule has 21 heavy (non-hydrogen) atoms. The van der Waals surface area contributed by atoms with Crippen LogP contribution < -0.4 is 10.3 Å². The number of nitrogens with zero attached hydrogens (tertiary/aromatic N) is 2. The molecular weight excluding hydrogens is 310 g/mol. The largest absolute Gasteiger partial charge is 0.309 e. The Balaban J connectivity index is 2.09. The lowest BCUT2D eigenvalue weighted by Gasteiger charge is -1.99. The number of hydrogen-bond donors (Lipinski definition) is 1. The third kappa shape index (κ3) is 3.68. The Morgan fingerprint density at radius 3 is 2.81 bits per heavy atom. The Bertz CT molecular complexity index is 734. The molecule has 5 nitrogen and oxygen atoms in total. The molecule has 0 bridgehead atoms. The number of carbonyl (C=O) groups is 1. The molecule has 0 spiro atoms. The maximum atomic E-state index is 11.8. The fourth-order valence-electron chi connectivity index (χ4n) is 1.57. The third-order valence-corrected chi connectivity index (χ3v) is 3.99. The highest BCUT2D eigenvalue weighted by molar-refractivity contribution is 7.11. The maximum absolute atomic E-state index is 11.8. The maximum Gasteiger partial charge on any atom is 0.309 e. The van der Waals surface area contributed by atoms with Crippen LogP contribution in [0.4, 0.5) is 0 Å². The van der Waals surface area contributed by atoms with Crippen molar-refractivity contribution in [1.29, 1.82) is 0 Å². The Morgan fingerprint density at radius 2 is 2.14 bits per heavy atom. The van der Waals surface area contributed by atoms with Gasteiger partial charge in [0.05, 0.1) is 11.1 Å². The summed E-state index contributed by atoms with van der Waals surface area (Å²) in [6.45, 7) is 3.89. The molecule has 0 fully saturated rings. The van der Waals surface area contributed by atoms with Gasteiger partial charge in [0.25, 0.3) is 5.91 Å². The first-order valence-corrected chi connectivity index (χ1v) is 7.21. The molecule has 1 aromatic heterocycles. The molecule has 1 aromatic carbocycles. The van der Waals surface area contributed by atoms with E-state index in [0.717, 1.165) is 11.3 Å². The minimum Gasteiger partial charge on any atom is -0.285 e. The molecule has 108 valence electrons. The van der Waals surface area contributed by atoms with Crippen LogP contribution in [0.15, 0.2) is 52.9 Å². The summed E-state index contributed by atoms with van der Waals surface area (Å²) in [5.41, 5.74) is 2.88. The molecule has 1 amide bonds. The number of carbonyl (C=O) groups excluding carboxylic acids is 1. The van der Waals surface area contributed by atoms with Crippen LogP contribution in [0.2, 0.25) is 5.15 Å². The zero-order chi connectivity index (χ0) is 15.2. The highest BCUT2D eigenvalue weighted by Crippen LogP contribution is 2.16. The molecule has 0 aliphatic carbocycles. The van der Waals surface area contributed by atoms with Crippen LogP contribution in [0.5, 0.6) is 0 Å². The minimum atomic E-state index is -0.333. The van der Waals surface area contributed by atoms with E-state index >= 15 is 0 Å². The first-order chi connectivity index (χ1) is 10.1. The monoisotopic (exact) mass is 321 g/mol. The molecule has 1 heterocycles. The lowest BCUT2D eigenvalue weighted by Crippen LogP contribution is -2.17. The van der Waals surface area contributed by atoms with Crippen molar-refractivity contribution in [2.24, 2.45) is 5.10 Å². The van der Waals surface area contributed by atoms with Crippen LogP contribution in [0.3, 0.4) is 0 Å². The lowest BCUT2D eigenvalue weighted by atomic mass is 10.2. The highest BCUT2D eigenvalue weighted by atomic mass is 35.5. The van der Waals surface area contributed by atoms with Gasteiger partial charge in [0.1, 0.15) is 5.15 Å². The summed E-state index contributed by atoms with van der Waals surface area (Å²) < 4.78 is 1.37. The van der Waals surface area contributed by atoms with Crippen molar-refractivity contribution in [3.05, 3.63) is 68.2 Å². The standard InChI is InChI=1S/C14H12ClN3O2S/c1-2-8-18-12(15)11(21-14(18)20)9-16-17-13(19)10-6-4-3-5-7-10/h2-7,9H,1,8H2,(H,17,19)/b16-9+. The molecule has 1 N–H and O–H groups in total. The molecule has 0 atom stereocenters. The van der Waals surface area contributed by atoms with E-state index in [2.05, 4.69) is 17.1 Å². The zero-order valence-corrected chi connectivity index (χ0v) is 12.5. The Labute approximate surface area is 130 Å². The van der Waals surface area contributed by atoms with Gasteiger partial charge in [0, 0.05) is 12.1 Å². The zero-order valence-electron chi connectivity index (χ0n) is 11.0. The van der Waals surface area contributed by atoms with E-state index < -0.39 is 0 Å². The summed E-state index contributed by atoms with van der Waals surface area (Å²) in [4.78, 5) is 23.7. The van der Waals surface area contributed by atoms with E-state index in [9.17, 15) is 9.59 Å². The van der Waals surface area contributed by atoms with Crippen LogP contribution in [-0.4, -0.2) is 16.7 Å². The summed E-state index contributed by atoms with van der Waals surface area (Å²) in [7, 11) is 0. The second kappa shape index (κ2) is 7.01. The van der Waals surface area contributed by atoms with Crippen LogP contribution in [0, 0.1) is 0 Å². The van der Waals surface area contributed by atoms with Gasteiger partial charge in [0.15, 0.2) is 0 Å². The van der Waals surface area contributed by atoms with Gasteiger partial charge < -0.3 is 0 Å². The number of amides is 1. The van der Waals surface area contributed by atoms with E-state index in [1.54, 1.807) is 30.3 Å². The molecule has 0 unspecified atom stereocenters. The predicted molar refractivity (Wildman–Crippen MR) is 85.3 cm³/mol. The van der Waals surface area contributed by atoms with Crippen LogP contribution >= 0.6 is 22.9 Å². The quantitative estimate of drug-likeness (QED) is 0.522. The lowest BCUT2D eigenvalue weighted by molar-refractivity contribution is 0.0955. The van der Waals surface area contributed by atoms with Crippen molar-refractivity contribution in [1.82, 2.24) is 9.99 Å². The Kier molecular flexibility index (Phi) is 5.08. The number of nitrogens with one attached hydrogen (secondary N) is 1. The minimum absolute atomic E-state index is 0.198. The molecule has 0 saturated carbocycles. The van der Waals surface area contributed by atoms with Crippen molar-refractivity contribution in [2.75, 3.05) is 0 Å². The van der Waals surface area contributed by atoms with Gasteiger partial charge in [-0.15, -0.1) is 6.58 Å². The van der Waals surface area contributed by atoms with E-state index in [-0.39, 0.29) is 15.9 Å². The van der Waals surface area contributed by atoms with E-state index in [0.29, 0.717) is 17.0 Å². The molecule has 7 heteroatoms. The number of benzene rings is 1. The van der Waals surface area contributed by atoms with E-state index in [4.69, 9.17) is 11.6 Å². The highest BCUT2D eigenvalue weighted by Gasteiger charge is 2.10. The van der Waals surface area contributed by atoms with Crippen molar-refractivity contribution in [3.8, 4) is 0 Å². The van der Waals surface area contributed by atoms with Gasteiger partial charge in [0.2, 0.25) is 0 Å². The number of thiazole rings is 1. The van der Waals surface area contributed by atoms with Crippen LogP contribution in [-0.2, 0) is 6.54 Å². The van der Waals surface area contributed by atoms with Gasteiger partial charge in [-0.1, -0.05) is 47.2 Å². The molecular formula is C14H12ClN3O2S. The number of hydrogen-bond acceptors (Lipinski definition) is 4. The number of halogens is 1. The Morgan fingerprint density at radius 1 is 1.43 bits per heavy atom. The van der Waals surface area contributed by atoms with Crippen molar-refractivity contribution in [3.63, 3.8) is 0 Å². The SMILES string of the molecule is C=CCn1c(Cl)c(/C=N/NC(=O)c2ccccc2)sc1=O. The fourth-order valence-corrected chi connectivity index (χ4v) is 2.70. The second-order valence-electron chi connectivity index (χ2n) is 3.99. The first kappa shape index (κ1) is 15.2. The first-order valence-electron chi connectivity index (χ1n) is 6.02. The van der Waals surface area contributed by atoms with Gasteiger partial charge in [-0.05, 0) is 12.1 Å². The van der Waals surface area contributed by atoms with Crippen LogP contribution in [0.1, 0.15) is 15.2 Å². The van der Waals surface area contributed by atoms with Gasteiger partial charge in [-0.25, -0.2) is 5.43 Å². The molecule has 2 rings (SSSR count). The summed E-state index contributed by atoms with van der Waals surface area (Å²) in [6, 6.07) is 8.69. The number of hydrazone groups is 1. The summed E-state index contributed by atoms with van der Waals surface area (Å²) in [5.74, 6) is -0.333. The molecule has 0 saturated heterocycles. The molecule has 0 aliphatic heterocycles. The smallest absolute Gasteiger partial charge is 0.285 e. The number of rotatable bonds is 5. The summed E-state index contributed by atoms with van der Waals surface area (Å²) >= 11 is 7.02. The van der Waals surface area contributed by atoms with Crippen molar-refractivity contribution < 1.29 is 4.79 Å². The van der Waals surface area contributed by atoms with Crippen LogP contribution in [0.25, 0.3) is 0 Å². The second-order valence-corrected chi connectivity index (χ2v) is 5.34. The van der Waals surface area contributed by atoms with E-state index in [1.807, 2.05) is 6.07 Å². The Hall–Kier alpha value is -2.18. The van der Waals surface area contributed by atoms with E-state index in [1.165, 1.54) is 10.8 Å². The molecule has 2 aromatic rings. The van der Waals surface area contributed by atoms with Gasteiger partial charge in [-0.2, -0.15) is 5.10 Å². The summed E-state index contributed by atoms with van der Waals surface area (Å²) in [5, 5.41) is 4.10. The molecule has 0 radical (unpaired) electrons. The average molecular weight is 322 g/mol. The fraction of sp³-hybridized carbons (Fsp3) is 0.0714.